The van der Waals surface area contributed by atoms with Gasteiger partial charge in [0.15, 0.2) is 0 Å². The van der Waals surface area contributed by atoms with Crippen molar-refractivity contribution >= 4 is 5.91 Å². The summed E-state index contributed by atoms with van der Waals surface area (Å²) >= 11 is 0. The minimum Gasteiger partial charge on any atom is -0.341 e. The Morgan fingerprint density at radius 3 is 2.64 bits per heavy atom. The Balaban J connectivity index is 1.85. The summed E-state index contributed by atoms with van der Waals surface area (Å²) in [5.74, 6) is 0.477. The smallest absolute Gasteiger partial charge is 0.225 e. The molecule has 3 nitrogen and oxygen atoms in total. The van der Waals surface area contributed by atoms with Gasteiger partial charge in [-0.1, -0.05) is 13.8 Å². The molecule has 0 aromatic carbocycles. The summed E-state index contributed by atoms with van der Waals surface area (Å²) in [6.07, 6.45) is 2.56. The molecule has 2 fully saturated rings. The normalized spacial score (nSPS) is 25.2. The molecule has 2 aliphatic rings. The van der Waals surface area contributed by atoms with Crippen LogP contribution in [0.3, 0.4) is 0 Å². The second-order valence-electron chi connectivity index (χ2n) is 5.13. The van der Waals surface area contributed by atoms with Gasteiger partial charge in [-0.3, -0.25) is 4.79 Å². The first kappa shape index (κ1) is 9.97. The fourth-order valence-corrected chi connectivity index (χ4v) is 2.58. The molecule has 80 valence electrons. The number of piperidine rings is 1. The van der Waals surface area contributed by atoms with Gasteiger partial charge in [0.1, 0.15) is 0 Å². The summed E-state index contributed by atoms with van der Waals surface area (Å²) in [5, 5.41) is 3.43. The zero-order chi connectivity index (χ0) is 10.2. The number of rotatable bonds is 1. The average Bonchev–Trinajstić information content (AvgIpc) is 2.14. The minimum atomic E-state index is 0.156. The first-order valence-corrected chi connectivity index (χ1v) is 5.62. The summed E-state index contributed by atoms with van der Waals surface area (Å²) in [5.41, 5.74) is 0.433. The van der Waals surface area contributed by atoms with Gasteiger partial charge in [0.2, 0.25) is 5.91 Å². The lowest BCUT2D eigenvalue weighted by Crippen LogP contribution is -2.64. The second kappa shape index (κ2) is 3.54. The predicted octanol–water partition coefficient (Wildman–Crippen LogP) is 0.854. The lowest BCUT2D eigenvalue weighted by Gasteiger charge is -2.52. The predicted molar refractivity (Wildman–Crippen MR) is 56.0 cm³/mol. The highest BCUT2D eigenvalue weighted by Gasteiger charge is 2.45. The maximum Gasteiger partial charge on any atom is 0.225 e. The van der Waals surface area contributed by atoms with Crippen LogP contribution in [0.5, 0.6) is 0 Å². The summed E-state index contributed by atoms with van der Waals surface area (Å²) in [6.45, 7) is 8.18. The van der Waals surface area contributed by atoms with E-state index in [1.807, 2.05) is 18.7 Å². The molecule has 0 aromatic rings. The summed E-state index contributed by atoms with van der Waals surface area (Å²) in [6, 6.07) is 0. The van der Waals surface area contributed by atoms with Gasteiger partial charge in [-0.2, -0.15) is 0 Å². The molecule has 0 unspecified atom stereocenters. The number of amides is 1. The molecule has 1 N–H and O–H groups in total. The van der Waals surface area contributed by atoms with Crippen LogP contribution in [0.25, 0.3) is 0 Å². The quantitative estimate of drug-likeness (QED) is 0.674. The van der Waals surface area contributed by atoms with Crippen molar-refractivity contribution in [3.8, 4) is 0 Å². The van der Waals surface area contributed by atoms with Gasteiger partial charge < -0.3 is 10.2 Å². The first-order chi connectivity index (χ1) is 6.63. The van der Waals surface area contributed by atoms with Crippen molar-refractivity contribution in [3.05, 3.63) is 0 Å². The van der Waals surface area contributed by atoms with Crippen LogP contribution in [0.2, 0.25) is 0 Å². The zero-order valence-corrected chi connectivity index (χ0v) is 9.18. The molecule has 2 heterocycles. The zero-order valence-electron chi connectivity index (χ0n) is 9.18. The van der Waals surface area contributed by atoms with Gasteiger partial charge in [-0.05, 0) is 19.4 Å². The number of nitrogens with one attached hydrogen (secondary N) is 1. The van der Waals surface area contributed by atoms with E-state index in [9.17, 15) is 4.79 Å². The Morgan fingerprint density at radius 2 is 2.14 bits per heavy atom. The van der Waals surface area contributed by atoms with Crippen LogP contribution in [0, 0.1) is 11.3 Å². The number of carbonyl (C=O) groups is 1. The molecule has 0 atom stereocenters. The van der Waals surface area contributed by atoms with Crippen LogP contribution >= 0.6 is 0 Å². The van der Waals surface area contributed by atoms with Crippen LogP contribution in [-0.4, -0.2) is 37.0 Å². The molecule has 0 bridgehead atoms. The van der Waals surface area contributed by atoms with Crippen molar-refractivity contribution < 1.29 is 4.79 Å². The maximum absolute atomic E-state index is 11.7. The summed E-state index contributed by atoms with van der Waals surface area (Å²) in [7, 11) is 0. The average molecular weight is 196 g/mol. The molecule has 2 rings (SSSR count). The van der Waals surface area contributed by atoms with Gasteiger partial charge in [0.25, 0.3) is 0 Å². The molecule has 0 aliphatic carbocycles. The molecule has 0 aromatic heterocycles. The summed E-state index contributed by atoms with van der Waals surface area (Å²) < 4.78 is 0. The van der Waals surface area contributed by atoms with Crippen molar-refractivity contribution in [2.24, 2.45) is 11.3 Å². The highest BCUT2D eigenvalue weighted by Crippen LogP contribution is 2.36. The molecule has 0 radical (unpaired) electrons. The third kappa shape index (κ3) is 1.65. The molecular weight excluding hydrogens is 176 g/mol. The van der Waals surface area contributed by atoms with Crippen molar-refractivity contribution in [2.75, 3.05) is 26.2 Å². The standard InChI is InChI=1S/C11H20N2O/c1-9(2)10(14)13-7-11(8-13)4-3-5-12-6-11/h9,12H,3-8H2,1-2H3. The van der Waals surface area contributed by atoms with E-state index >= 15 is 0 Å². The Morgan fingerprint density at radius 1 is 1.43 bits per heavy atom. The fraction of sp³-hybridized carbons (Fsp3) is 0.909. The number of carbonyl (C=O) groups excluding carboxylic acids is 1. The lowest BCUT2D eigenvalue weighted by molar-refractivity contribution is -0.147. The third-order valence-electron chi connectivity index (χ3n) is 3.42. The summed E-state index contributed by atoms with van der Waals surface area (Å²) in [4.78, 5) is 13.7. The van der Waals surface area contributed by atoms with Gasteiger partial charge in [0, 0.05) is 31.0 Å². The van der Waals surface area contributed by atoms with E-state index in [1.54, 1.807) is 0 Å². The van der Waals surface area contributed by atoms with E-state index in [-0.39, 0.29) is 5.92 Å². The Labute approximate surface area is 85.8 Å². The highest BCUT2D eigenvalue weighted by atomic mass is 16.2. The van der Waals surface area contributed by atoms with Crippen molar-refractivity contribution in [3.63, 3.8) is 0 Å². The van der Waals surface area contributed by atoms with Gasteiger partial charge in [0.05, 0.1) is 0 Å². The lowest BCUT2D eigenvalue weighted by atomic mass is 9.73. The van der Waals surface area contributed by atoms with E-state index in [1.165, 1.54) is 12.8 Å². The van der Waals surface area contributed by atoms with Crippen LogP contribution < -0.4 is 5.32 Å². The van der Waals surface area contributed by atoms with E-state index in [0.29, 0.717) is 11.3 Å². The van der Waals surface area contributed by atoms with Gasteiger partial charge in [-0.15, -0.1) is 0 Å². The monoisotopic (exact) mass is 196 g/mol. The van der Waals surface area contributed by atoms with E-state index in [0.717, 1.165) is 26.2 Å². The van der Waals surface area contributed by atoms with Crippen LogP contribution in [-0.2, 0) is 4.79 Å². The topological polar surface area (TPSA) is 32.3 Å². The minimum absolute atomic E-state index is 0.156. The van der Waals surface area contributed by atoms with E-state index in [4.69, 9.17) is 0 Å². The number of likely N-dealkylation sites (tertiary alicyclic amines) is 1. The highest BCUT2D eigenvalue weighted by molar-refractivity contribution is 5.79. The SMILES string of the molecule is CC(C)C(=O)N1CC2(CCCNC2)C1. The number of hydrogen-bond donors (Lipinski definition) is 1. The Bertz CT molecular complexity index is 223. The fourth-order valence-electron chi connectivity index (χ4n) is 2.58. The first-order valence-electron chi connectivity index (χ1n) is 5.62. The number of hydrogen-bond acceptors (Lipinski definition) is 2. The van der Waals surface area contributed by atoms with E-state index in [2.05, 4.69) is 5.32 Å². The van der Waals surface area contributed by atoms with Gasteiger partial charge in [-0.25, -0.2) is 0 Å². The largest absolute Gasteiger partial charge is 0.341 e. The van der Waals surface area contributed by atoms with Crippen LogP contribution in [0.15, 0.2) is 0 Å². The molecule has 14 heavy (non-hydrogen) atoms. The molecule has 3 heteroatoms. The molecule has 1 amide bonds. The Hall–Kier alpha value is -0.570. The maximum atomic E-state index is 11.7. The van der Waals surface area contributed by atoms with E-state index < -0.39 is 0 Å². The second-order valence-corrected chi connectivity index (χ2v) is 5.13. The van der Waals surface area contributed by atoms with Gasteiger partial charge >= 0.3 is 0 Å². The Kier molecular flexibility index (Phi) is 2.52. The van der Waals surface area contributed by atoms with Crippen molar-refractivity contribution in [2.45, 2.75) is 26.7 Å². The molecule has 1 spiro atoms. The number of nitrogens with zero attached hydrogens (tertiary/aromatic N) is 1. The van der Waals surface area contributed by atoms with Crippen LogP contribution in [0.1, 0.15) is 26.7 Å². The molecule has 2 aliphatic heterocycles. The van der Waals surface area contributed by atoms with Crippen LogP contribution in [0.4, 0.5) is 0 Å². The molecule has 2 saturated heterocycles. The van der Waals surface area contributed by atoms with Crippen molar-refractivity contribution in [1.29, 1.82) is 0 Å². The molecule has 0 saturated carbocycles. The molecular formula is C11H20N2O. The van der Waals surface area contributed by atoms with Crippen molar-refractivity contribution in [1.82, 2.24) is 10.2 Å². The third-order valence-corrected chi connectivity index (χ3v) is 3.42.